The molecule has 11 aromatic rings. The largest absolute Gasteiger partial charge is 0.355 e. The second-order valence-electron chi connectivity index (χ2n) is 14.7. The van der Waals surface area contributed by atoms with Crippen LogP contribution in [0.1, 0.15) is 5.56 Å². The van der Waals surface area contributed by atoms with Gasteiger partial charge in [0.25, 0.3) is 0 Å². The number of fused-ring (bicyclic) bond motifs is 6. The van der Waals surface area contributed by atoms with Gasteiger partial charge in [0.2, 0.25) is 0 Å². The van der Waals surface area contributed by atoms with Gasteiger partial charge >= 0.3 is 0 Å². The van der Waals surface area contributed by atoms with Crippen LogP contribution in [0.4, 0.5) is 11.4 Å². The van der Waals surface area contributed by atoms with Gasteiger partial charge in [0.05, 0.1) is 27.8 Å². The van der Waals surface area contributed by atoms with E-state index in [1.54, 1.807) is 0 Å². The van der Waals surface area contributed by atoms with Crippen LogP contribution in [0.25, 0.3) is 88.9 Å². The van der Waals surface area contributed by atoms with Gasteiger partial charge in [-0.15, -0.1) is 0 Å². The molecule has 0 unspecified atom stereocenters. The van der Waals surface area contributed by atoms with E-state index in [2.05, 4.69) is 184 Å². The SMILES string of the molecule is N=Cc1c(Nc2ccc3c4ccccc4n(-c4cc(-c5ccc(-c6ccccc6)cc5)nc(-c5ccccc5)n4)c3c2)ccc2c3ccccc3n(-c3ccccc3)c12. The maximum Gasteiger partial charge on any atom is 0.162 e. The Hall–Kier alpha value is -8.09. The van der Waals surface area contributed by atoms with Gasteiger partial charge in [0.1, 0.15) is 5.82 Å². The van der Waals surface area contributed by atoms with Crippen molar-refractivity contribution in [1.29, 1.82) is 5.41 Å². The molecular formula is C53H36N6. The van der Waals surface area contributed by atoms with Crippen LogP contribution in [-0.4, -0.2) is 25.3 Å². The molecule has 3 aromatic heterocycles. The summed E-state index contributed by atoms with van der Waals surface area (Å²) in [5.74, 6) is 1.43. The predicted molar refractivity (Wildman–Crippen MR) is 245 cm³/mol. The quantitative estimate of drug-likeness (QED) is 0.152. The highest BCUT2D eigenvalue weighted by molar-refractivity contribution is 6.16. The number of nitrogens with one attached hydrogen (secondary N) is 2. The van der Waals surface area contributed by atoms with E-state index in [1.165, 1.54) is 11.8 Å². The van der Waals surface area contributed by atoms with E-state index >= 15 is 0 Å². The Kier molecular flexibility index (Phi) is 8.19. The molecular weight excluding hydrogens is 721 g/mol. The summed E-state index contributed by atoms with van der Waals surface area (Å²) in [4.78, 5) is 10.4. The summed E-state index contributed by atoms with van der Waals surface area (Å²) in [6, 6.07) is 69.4. The highest BCUT2D eigenvalue weighted by Gasteiger charge is 2.20. The van der Waals surface area contributed by atoms with Gasteiger partial charge in [-0.05, 0) is 53.6 Å². The number of rotatable bonds is 8. The molecule has 0 saturated heterocycles. The van der Waals surface area contributed by atoms with Gasteiger partial charge in [-0.3, -0.25) is 4.57 Å². The third kappa shape index (κ3) is 5.85. The van der Waals surface area contributed by atoms with Crippen LogP contribution in [0.2, 0.25) is 0 Å². The second kappa shape index (κ2) is 14.1. The Balaban J connectivity index is 1.08. The Labute approximate surface area is 340 Å². The molecule has 6 heteroatoms. The summed E-state index contributed by atoms with van der Waals surface area (Å²) in [7, 11) is 0. The van der Waals surface area contributed by atoms with Crippen LogP contribution < -0.4 is 5.32 Å². The molecule has 59 heavy (non-hydrogen) atoms. The molecule has 11 rings (SSSR count). The average Bonchev–Trinajstić information content (AvgIpc) is 3.82. The molecule has 0 fully saturated rings. The monoisotopic (exact) mass is 756 g/mol. The molecule has 6 nitrogen and oxygen atoms in total. The van der Waals surface area contributed by atoms with Crippen LogP contribution >= 0.6 is 0 Å². The predicted octanol–water partition coefficient (Wildman–Crippen LogP) is 13.4. The smallest absolute Gasteiger partial charge is 0.162 e. The van der Waals surface area contributed by atoms with Gasteiger partial charge in [-0.25, -0.2) is 9.97 Å². The van der Waals surface area contributed by atoms with E-state index in [-0.39, 0.29) is 0 Å². The van der Waals surface area contributed by atoms with E-state index in [9.17, 15) is 0 Å². The first-order valence-electron chi connectivity index (χ1n) is 19.7. The fraction of sp³-hybridized carbons (Fsp3) is 0. The minimum Gasteiger partial charge on any atom is -0.355 e. The van der Waals surface area contributed by atoms with Crippen LogP contribution in [0, 0.1) is 5.41 Å². The van der Waals surface area contributed by atoms with Crippen molar-refractivity contribution in [2.75, 3.05) is 5.32 Å². The van der Waals surface area contributed by atoms with Crippen LogP contribution in [0.3, 0.4) is 0 Å². The number of hydrogen-bond donors (Lipinski definition) is 2. The Morgan fingerprint density at radius 1 is 0.441 bits per heavy atom. The zero-order valence-corrected chi connectivity index (χ0v) is 31.9. The maximum atomic E-state index is 8.76. The first kappa shape index (κ1) is 34.2. The Bertz CT molecular complexity index is 3350. The van der Waals surface area contributed by atoms with E-state index in [0.717, 1.165) is 94.4 Å². The number of benzene rings is 8. The molecule has 8 aromatic carbocycles. The molecule has 0 spiro atoms. The summed E-state index contributed by atoms with van der Waals surface area (Å²) in [6.45, 7) is 0. The highest BCUT2D eigenvalue weighted by Crippen LogP contribution is 2.39. The van der Waals surface area contributed by atoms with Gasteiger partial charge in [-0.2, -0.15) is 0 Å². The van der Waals surface area contributed by atoms with Crippen LogP contribution in [0.5, 0.6) is 0 Å². The summed E-state index contributed by atoms with van der Waals surface area (Å²) in [6.07, 6.45) is 1.47. The van der Waals surface area contributed by atoms with Gasteiger partial charge in [0, 0.05) is 67.6 Å². The first-order chi connectivity index (χ1) is 29.2. The second-order valence-corrected chi connectivity index (χ2v) is 14.7. The maximum absolute atomic E-state index is 8.76. The lowest BCUT2D eigenvalue weighted by Crippen LogP contribution is -2.03. The van der Waals surface area contributed by atoms with Crippen molar-refractivity contribution in [3.63, 3.8) is 0 Å². The molecule has 0 radical (unpaired) electrons. The van der Waals surface area contributed by atoms with E-state index in [0.29, 0.717) is 5.82 Å². The molecule has 0 aliphatic carbocycles. The molecule has 0 atom stereocenters. The minimum atomic E-state index is 0.656. The lowest BCUT2D eigenvalue weighted by Gasteiger charge is -2.15. The first-order valence-corrected chi connectivity index (χ1v) is 19.7. The van der Waals surface area contributed by atoms with E-state index < -0.39 is 0 Å². The molecule has 0 amide bonds. The Morgan fingerprint density at radius 3 is 1.71 bits per heavy atom. The molecule has 0 bridgehead atoms. The molecule has 0 aliphatic heterocycles. The average molecular weight is 757 g/mol. The van der Waals surface area contributed by atoms with Crippen molar-refractivity contribution in [1.82, 2.24) is 19.1 Å². The lowest BCUT2D eigenvalue weighted by atomic mass is 10.0. The van der Waals surface area contributed by atoms with Gasteiger partial charge in [-0.1, -0.05) is 152 Å². The lowest BCUT2D eigenvalue weighted by molar-refractivity contribution is 1.05. The number of hydrogen-bond acceptors (Lipinski definition) is 4. The zero-order chi connectivity index (χ0) is 39.3. The van der Waals surface area contributed by atoms with Crippen molar-refractivity contribution in [3.05, 3.63) is 206 Å². The summed E-state index contributed by atoms with van der Waals surface area (Å²) in [5.41, 5.74) is 12.9. The van der Waals surface area contributed by atoms with Crippen molar-refractivity contribution in [3.8, 4) is 45.3 Å². The molecule has 0 saturated carbocycles. The zero-order valence-electron chi connectivity index (χ0n) is 31.9. The van der Waals surface area contributed by atoms with E-state index in [1.807, 2.05) is 30.3 Å². The third-order valence-electron chi connectivity index (χ3n) is 11.2. The number of para-hydroxylation sites is 3. The van der Waals surface area contributed by atoms with E-state index in [4.69, 9.17) is 15.4 Å². The molecule has 2 N–H and O–H groups in total. The molecule has 3 heterocycles. The van der Waals surface area contributed by atoms with Crippen molar-refractivity contribution < 1.29 is 0 Å². The number of nitrogens with zero attached hydrogens (tertiary/aromatic N) is 4. The minimum absolute atomic E-state index is 0.656. The number of anilines is 2. The summed E-state index contributed by atoms with van der Waals surface area (Å²) < 4.78 is 4.52. The Morgan fingerprint density at radius 2 is 1.00 bits per heavy atom. The highest BCUT2D eigenvalue weighted by atomic mass is 15.1. The van der Waals surface area contributed by atoms with Crippen molar-refractivity contribution >= 4 is 61.2 Å². The van der Waals surface area contributed by atoms with Crippen LogP contribution in [0.15, 0.2) is 200 Å². The standard InChI is InChI=1S/C53H36N6/c54-34-45-46(31-30-44-42-21-11-12-22-48(42)58(52(44)45)40-18-8-3-9-19-40)55-39-28-29-43-41-20-10-13-23-49(41)59(50(43)32-39)51-33-47(56-53(57-51)38-16-6-2-7-17-38)37-26-24-36(25-27-37)35-14-4-1-5-15-35/h1-34,54-55H. The van der Waals surface area contributed by atoms with Crippen LogP contribution in [-0.2, 0) is 0 Å². The topological polar surface area (TPSA) is 71.5 Å². The van der Waals surface area contributed by atoms with Crippen molar-refractivity contribution in [2.45, 2.75) is 0 Å². The fourth-order valence-corrected chi connectivity index (χ4v) is 8.51. The normalized spacial score (nSPS) is 11.5. The summed E-state index contributed by atoms with van der Waals surface area (Å²) in [5, 5.41) is 17.0. The van der Waals surface area contributed by atoms with Crippen molar-refractivity contribution in [2.24, 2.45) is 0 Å². The fourth-order valence-electron chi connectivity index (χ4n) is 8.51. The third-order valence-corrected chi connectivity index (χ3v) is 11.2. The molecule has 278 valence electrons. The number of aromatic nitrogens is 4. The summed E-state index contributed by atoms with van der Waals surface area (Å²) >= 11 is 0. The van der Waals surface area contributed by atoms with Gasteiger partial charge in [0.15, 0.2) is 5.82 Å². The van der Waals surface area contributed by atoms with Gasteiger partial charge < -0.3 is 15.3 Å². The molecule has 0 aliphatic rings.